The molecule has 264 valence electrons. The van der Waals surface area contributed by atoms with Gasteiger partial charge in [-0.2, -0.15) is 15.0 Å². The van der Waals surface area contributed by atoms with Crippen molar-refractivity contribution in [1.82, 2.24) is 15.0 Å². The molecule has 1 aromatic heterocycles. The summed E-state index contributed by atoms with van der Waals surface area (Å²) in [6, 6.07) is 0. The Morgan fingerprint density at radius 1 is 0.587 bits per heavy atom. The van der Waals surface area contributed by atoms with E-state index in [0.29, 0.717) is 55.8 Å². The van der Waals surface area contributed by atoms with Gasteiger partial charge in [0.05, 0.1) is 37.9 Å². The number of nitrogens with zero attached hydrogens (tertiary/aromatic N) is 4. The molecule has 0 radical (unpaired) electrons. The van der Waals surface area contributed by atoms with E-state index < -0.39 is 0 Å². The number of carbonyl (C=O) groups excluding carboxylic acids is 2. The number of hydrogen-bond donors (Lipinski definition) is 0. The number of esters is 2. The molecule has 9 nitrogen and oxygen atoms in total. The second kappa shape index (κ2) is 28.4. The van der Waals surface area contributed by atoms with Crippen LogP contribution in [0.3, 0.4) is 0 Å². The van der Waals surface area contributed by atoms with Gasteiger partial charge in [0.25, 0.3) is 0 Å². The zero-order valence-electron chi connectivity index (χ0n) is 28.9. The predicted octanol–water partition coefficient (Wildman–Crippen LogP) is 8.82. The summed E-state index contributed by atoms with van der Waals surface area (Å²) in [4.78, 5) is 40.6. The number of aromatic nitrogens is 3. The van der Waals surface area contributed by atoms with E-state index >= 15 is 0 Å². The van der Waals surface area contributed by atoms with Gasteiger partial charge in [-0.1, -0.05) is 153 Å². The SMILES string of the molecule is CCCCCCCCCCCCOC(=O)CSc1nc(SCC(=O)OCCCCCCCCCCCC)nc(N2CCOCC2)n1. The van der Waals surface area contributed by atoms with E-state index in [4.69, 9.17) is 14.2 Å². The van der Waals surface area contributed by atoms with Gasteiger partial charge in [0.2, 0.25) is 5.95 Å². The Morgan fingerprint density at radius 2 is 0.957 bits per heavy atom. The molecular weight excluding hydrogens is 621 g/mol. The number of hydrogen-bond acceptors (Lipinski definition) is 11. The monoisotopic (exact) mass is 682 g/mol. The fourth-order valence-corrected chi connectivity index (χ4v) is 6.56. The molecule has 0 aliphatic carbocycles. The highest BCUT2D eigenvalue weighted by Gasteiger charge is 2.18. The van der Waals surface area contributed by atoms with Crippen LogP contribution in [0.25, 0.3) is 0 Å². The van der Waals surface area contributed by atoms with Gasteiger partial charge in [0.15, 0.2) is 10.3 Å². The Bertz CT molecular complexity index is 861. The minimum absolute atomic E-state index is 0.134. The maximum absolute atomic E-state index is 12.4. The van der Waals surface area contributed by atoms with Gasteiger partial charge < -0.3 is 19.1 Å². The molecule has 0 atom stereocenters. The third kappa shape index (κ3) is 21.3. The Kier molecular flexibility index (Phi) is 25.1. The molecule has 1 saturated heterocycles. The Hall–Kier alpha value is -1.59. The molecule has 2 heterocycles. The summed E-state index contributed by atoms with van der Waals surface area (Å²) in [6.45, 7) is 7.97. The standard InChI is InChI=1S/C35H62N4O5S2/c1-3-5-7-9-11-13-15-17-19-21-25-43-31(40)29-45-34-36-33(39-23-27-42-28-24-39)37-35(38-34)46-30-32(41)44-26-22-20-18-16-14-12-10-8-6-4-2/h3-30H2,1-2H3. The molecule has 1 fully saturated rings. The molecular formula is C35H62N4O5S2. The first-order chi connectivity index (χ1) is 22.6. The van der Waals surface area contributed by atoms with Crippen LogP contribution in [0.2, 0.25) is 0 Å². The molecule has 11 heteroatoms. The Morgan fingerprint density at radius 3 is 1.35 bits per heavy atom. The molecule has 0 amide bonds. The molecule has 46 heavy (non-hydrogen) atoms. The van der Waals surface area contributed by atoms with Crippen LogP contribution in [0.5, 0.6) is 0 Å². The number of thioether (sulfide) groups is 2. The Labute approximate surface area is 287 Å². The van der Waals surface area contributed by atoms with Crippen molar-refractivity contribution < 1.29 is 23.8 Å². The highest BCUT2D eigenvalue weighted by Crippen LogP contribution is 2.23. The predicted molar refractivity (Wildman–Crippen MR) is 190 cm³/mol. The minimum atomic E-state index is -0.265. The maximum Gasteiger partial charge on any atom is 0.316 e. The molecule has 0 aromatic carbocycles. The first-order valence-electron chi connectivity index (χ1n) is 18.3. The molecule has 0 bridgehead atoms. The zero-order chi connectivity index (χ0) is 32.9. The lowest BCUT2D eigenvalue weighted by Crippen LogP contribution is -2.37. The second-order valence-electron chi connectivity index (χ2n) is 12.2. The van der Waals surface area contributed by atoms with Crippen LogP contribution in [0.4, 0.5) is 5.95 Å². The zero-order valence-corrected chi connectivity index (χ0v) is 30.6. The third-order valence-electron chi connectivity index (χ3n) is 8.04. The number of rotatable bonds is 29. The average Bonchev–Trinajstić information content (AvgIpc) is 3.08. The van der Waals surface area contributed by atoms with Gasteiger partial charge in [-0.15, -0.1) is 0 Å². The van der Waals surface area contributed by atoms with E-state index in [1.807, 2.05) is 4.90 Å². The lowest BCUT2D eigenvalue weighted by Gasteiger charge is -2.26. The second-order valence-corrected chi connectivity index (χ2v) is 14.1. The average molecular weight is 683 g/mol. The van der Waals surface area contributed by atoms with Crippen LogP contribution in [-0.2, 0) is 23.8 Å². The lowest BCUT2D eigenvalue weighted by molar-refractivity contribution is -0.141. The van der Waals surface area contributed by atoms with Gasteiger partial charge >= 0.3 is 11.9 Å². The van der Waals surface area contributed by atoms with E-state index in [-0.39, 0.29) is 23.4 Å². The van der Waals surface area contributed by atoms with E-state index in [1.54, 1.807) is 0 Å². The molecule has 0 N–H and O–H groups in total. The van der Waals surface area contributed by atoms with Crippen molar-refractivity contribution in [3.63, 3.8) is 0 Å². The Balaban J connectivity index is 1.66. The van der Waals surface area contributed by atoms with Crippen molar-refractivity contribution in [3.8, 4) is 0 Å². The fraction of sp³-hybridized carbons (Fsp3) is 0.857. The van der Waals surface area contributed by atoms with Gasteiger partial charge in [-0.05, 0) is 12.8 Å². The summed E-state index contributed by atoms with van der Waals surface area (Å²) in [6.07, 6.45) is 24.9. The van der Waals surface area contributed by atoms with Crippen LogP contribution < -0.4 is 4.90 Å². The molecule has 0 unspecified atom stereocenters. The normalized spacial score (nSPS) is 13.2. The van der Waals surface area contributed by atoms with Crippen molar-refractivity contribution >= 4 is 41.4 Å². The number of carbonyl (C=O) groups is 2. The molecule has 2 rings (SSSR count). The van der Waals surface area contributed by atoms with Crippen molar-refractivity contribution in [2.24, 2.45) is 0 Å². The highest BCUT2D eigenvalue weighted by molar-refractivity contribution is 8.00. The van der Waals surface area contributed by atoms with Crippen molar-refractivity contribution in [2.75, 3.05) is 55.9 Å². The van der Waals surface area contributed by atoms with Gasteiger partial charge in [-0.3, -0.25) is 9.59 Å². The summed E-state index contributed by atoms with van der Waals surface area (Å²) < 4.78 is 16.4. The summed E-state index contributed by atoms with van der Waals surface area (Å²) in [7, 11) is 0. The molecule has 1 aromatic rings. The number of unbranched alkanes of at least 4 members (excludes halogenated alkanes) is 18. The maximum atomic E-state index is 12.4. The third-order valence-corrected chi connectivity index (χ3v) is 9.68. The van der Waals surface area contributed by atoms with Crippen LogP contribution >= 0.6 is 23.5 Å². The van der Waals surface area contributed by atoms with E-state index in [9.17, 15) is 9.59 Å². The van der Waals surface area contributed by atoms with Gasteiger partial charge in [0.1, 0.15) is 0 Å². The molecule has 0 saturated carbocycles. The van der Waals surface area contributed by atoms with Crippen LogP contribution in [0.15, 0.2) is 10.3 Å². The van der Waals surface area contributed by atoms with Gasteiger partial charge in [0, 0.05) is 13.1 Å². The fourth-order valence-electron chi connectivity index (χ4n) is 5.24. The number of morpholine rings is 1. The van der Waals surface area contributed by atoms with Crippen LogP contribution in [0.1, 0.15) is 142 Å². The summed E-state index contributed by atoms with van der Waals surface area (Å²) in [5, 5.41) is 0.905. The van der Waals surface area contributed by atoms with E-state index in [1.165, 1.54) is 126 Å². The smallest absolute Gasteiger partial charge is 0.316 e. The quantitative estimate of drug-likeness (QED) is 0.0460. The van der Waals surface area contributed by atoms with E-state index in [2.05, 4.69) is 28.8 Å². The largest absolute Gasteiger partial charge is 0.465 e. The number of anilines is 1. The topological polar surface area (TPSA) is 104 Å². The van der Waals surface area contributed by atoms with Gasteiger partial charge in [-0.25, -0.2) is 0 Å². The highest BCUT2D eigenvalue weighted by atomic mass is 32.2. The summed E-state index contributed by atoms with van der Waals surface area (Å²) in [5.74, 6) is 0.281. The van der Waals surface area contributed by atoms with Crippen molar-refractivity contribution in [1.29, 1.82) is 0 Å². The first kappa shape index (κ1) is 40.6. The van der Waals surface area contributed by atoms with Crippen molar-refractivity contribution in [2.45, 2.75) is 153 Å². The van der Waals surface area contributed by atoms with Crippen LogP contribution in [-0.4, -0.2) is 77.9 Å². The summed E-state index contributed by atoms with van der Waals surface area (Å²) >= 11 is 2.49. The number of ether oxygens (including phenoxy) is 3. The first-order valence-corrected chi connectivity index (χ1v) is 20.2. The minimum Gasteiger partial charge on any atom is -0.465 e. The lowest BCUT2D eigenvalue weighted by atomic mass is 10.1. The molecule has 0 spiro atoms. The van der Waals surface area contributed by atoms with Crippen LogP contribution in [0, 0.1) is 0 Å². The van der Waals surface area contributed by atoms with Crippen molar-refractivity contribution in [3.05, 3.63) is 0 Å². The summed E-state index contributed by atoms with van der Waals surface area (Å²) in [5.41, 5.74) is 0. The van der Waals surface area contributed by atoms with E-state index in [0.717, 1.165) is 25.7 Å². The molecule has 1 aliphatic rings. The molecule has 1 aliphatic heterocycles.